The maximum atomic E-state index is 12.2. The number of hydrogen-bond donors (Lipinski definition) is 6. The second-order valence-electron chi connectivity index (χ2n) is 8.84. The maximum Gasteiger partial charge on any atom is 0.340 e. The highest BCUT2D eigenvalue weighted by atomic mass is 32.2. The van der Waals surface area contributed by atoms with Gasteiger partial charge in [-0.25, -0.2) is 18.1 Å². The van der Waals surface area contributed by atoms with E-state index in [0.29, 0.717) is 16.7 Å². The number of ether oxygens (including phenoxy) is 1. The third-order valence-corrected chi connectivity index (χ3v) is 9.82. The van der Waals surface area contributed by atoms with Crippen molar-refractivity contribution in [1.82, 2.24) is 14.8 Å². The van der Waals surface area contributed by atoms with E-state index in [4.69, 9.17) is 14.5 Å². The Hall–Kier alpha value is -1.64. The van der Waals surface area contributed by atoms with Crippen molar-refractivity contribution >= 4 is 34.2 Å². The first-order valence-corrected chi connectivity index (χ1v) is 14.6. The molecule has 0 unspecified atom stereocenters. The SMILES string of the molecule is O=P(O)(O)CS(=O)(=O)C[C@H]1O[C@@H](n2ncc3c(NC4CCCC4)cc(CCO)nc32)[C@H](O)[C@@H]1O. The van der Waals surface area contributed by atoms with Crippen LogP contribution in [-0.4, -0.2) is 90.5 Å². The number of aliphatic hydroxyl groups excluding tert-OH is 3. The summed E-state index contributed by atoms with van der Waals surface area (Å²) in [6, 6.07) is 2.12. The van der Waals surface area contributed by atoms with Gasteiger partial charge in [0.15, 0.2) is 27.2 Å². The van der Waals surface area contributed by atoms with E-state index in [1.165, 1.54) is 10.9 Å². The van der Waals surface area contributed by atoms with E-state index in [0.717, 1.165) is 31.4 Å². The van der Waals surface area contributed by atoms with Crippen LogP contribution in [0.15, 0.2) is 12.3 Å². The number of nitrogens with zero attached hydrogens (tertiary/aromatic N) is 3. The third kappa shape index (κ3) is 5.60. The summed E-state index contributed by atoms with van der Waals surface area (Å²) in [5, 5.41) is 38.8. The summed E-state index contributed by atoms with van der Waals surface area (Å²) < 4.78 is 42.3. The summed E-state index contributed by atoms with van der Waals surface area (Å²) in [5.41, 5.74) is 0.271. The van der Waals surface area contributed by atoms with Crippen molar-refractivity contribution in [2.24, 2.45) is 0 Å². The Morgan fingerprint density at radius 3 is 2.56 bits per heavy atom. The fourth-order valence-corrected chi connectivity index (χ4v) is 7.78. The van der Waals surface area contributed by atoms with Crippen LogP contribution < -0.4 is 5.32 Å². The van der Waals surface area contributed by atoms with E-state index < -0.39 is 53.2 Å². The Labute approximate surface area is 195 Å². The first kappa shape index (κ1) is 25.5. The predicted octanol–water partition coefficient (Wildman–Crippen LogP) is -0.510. The van der Waals surface area contributed by atoms with Crippen molar-refractivity contribution < 1.29 is 42.8 Å². The van der Waals surface area contributed by atoms with Crippen molar-refractivity contribution in [2.75, 3.05) is 23.2 Å². The van der Waals surface area contributed by atoms with Gasteiger partial charge in [0, 0.05) is 30.5 Å². The van der Waals surface area contributed by atoms with E-state index in [1.807, 2.05) is 6.07 Å². The standard InChI is InChI=1S/C19H29N4O9PS/c24-6-5-12-7-14(21-11-3-1-2-4-11)13-8-20-23(18(13)22-12)19-17(26)16(25)15(32-19)9-34(30,31)10-33(27,28)29/h7-8,11,15-17,19,24-26H,1-6,9-10H2,(H,21,22)(H2,27,28,29)/t15-,16-,17-,19-/m1/s1. The van der Waals surface area contributed by atoms with Gasteiger partial charge in [-0.2, -0.15) is 5.10 Å². The zero-order valence-corrected chi connectivity index (χ0v) is 20.0. The lowest BCUT2D eigenvalue weighted by molar-refractivity contribution is -0.0364. The summed E-state index contributed by atoms with van der Waals surface area (Å²) in [5.74, 6) is -0.885. The summed E-state index contributed by atoms with van der Waals surface area (Å²) in [7, 11) is -9.14. The lowest BCUT2D eigenvalue weighted by Crippen LogP contribution is -2.36. The van der Waals surface area contributed by atoms with Crippen LogP contribution in [0.1, 0.15) is 37.6 Å². The van der Waals surface area contributed by atoms with Crippen LogP contribution in [0.3, 0.4) is 0 Å². The highest BCUT2D eigenvalue weighted by Crippen LogP contribution is 2.38. The molecule has 13 nitrogen and oxygen atoms in total. The Morgan fingerprint density at radius 2 is 1.91 bits per heavy atom. The summed E-state index contributed by atoms with van der Waals surface area (Å²) in [4.78, 5) is 22.5. The minimum atomic E-state index is -4.85. The average Bonchev–Trinajstić information content (AvgIpc) is 3.43. The number of hydrogen-bond acceptors (Lipinski definition) is 10. The number of fused-ring (bicyclic) bond motifs is 1. The number of sulfone groups is 1. The molecule has 2 aromatic heterocycles. The van der Waals surface area contributed by atoms with Crippen LogP contribution in [0.2, 0.25) is 0 Å². The molecule has 34 heavy (non-hydrogen) atoms. The molecule has 6 N–H and O–H groups in total. The first-order chi connectivity index (χ1) is 16.0. The number of aromatic nitrogens is 3. The topological polar surface area (TPSA) is 204 Å². The van der Waals surface area contributed by atoms with Crippen molar-refractivity contribution in [3.8, 4) is 0 Å². The summed E-state index contributed by atoms with van der Waals surface area (Å²) in [6.07, 6.45) is 0.209. The predicted molar refractivity (Wildman–Crippen MR) is 121 cm³/mol. The molecule has 0 amide bonds. The molecule has 4 rings (SSSR count). The molecular weight excluding hydrogens is 491 g/mol. The molecule has 1 saturated carbocycles. The van der Waals surface area contributed by atoms with Gasteiger partial charge in [0.25, 0.3) is 0 Å². The number of pyridine rings is 1. The van der Waals surface area contributed by atoms with E-state index >= 15 is 0 Å². The average molecular weight is 521 g/mol. The normalized spacial score (nSPS) is 26.5. The van der Waals surface area contributed by atoms with Crippen LogP contribution in [0.25, 0.3) is 11.0 Å². The lowest BCUT2D eigenvalue weighted by atomic mass is 10.1. The van der Waals surface area contributed by atoms with Gasteiger partial charge in [-0.05, 0) is 18.9 Å². The van der Waals surface area contributed by atoms with E-state index in [2.05, 4.69) is 15.4 Å². The summed E-state index contributed by atoms with van der Waals surface area (Å²) in [6.45, 7) is -0.129. The van der Waals surface area contributed by atoms with E-state index in [9.17, 15) is 28.3 Å². The number of nitrogens with one attached hydrogen (secondary N) is 1. The Balaban J connectivity index is 1.63. The maximum absolute atomic E-state index is 12.2. The second kappa shape index (κ2) is 9.78. The number of rotatable bonds is 9. The second-order valence-corrected chi connectivity index (χ2v) is 13.0. The fourth-order valence-electron chi connectivity index (χ4n) is 4.54. The minimum Gasteiger partial charge on any atom is -0.396 e. The molecular formula is C19H29N4O9PS. The Kier molecular flexibility index (Phi) is 7.32. The van der Waals surface area contributed by atoms with Crippen molar-refractivity contribution in [3.63, 3.8) is 0 Å². The summed E-state index contributed by atoms with van der Waals surface area (Å²) >= 11 is 0. The minimum absolute atomic E-state index is 0.129. The molecule has 1 saturated heterocycles. The molecule has 1 aliphatic heterocycles. The highest BCUT2D eigenvalue weighted by molar-refractivity contribution is 7.97. The number of anilines is 1. The molecule has 4 atom stereocenters. The quantitative estimate of drug-likeness (QED) is 0.231. The van der Waals surface area contributed by atoms with Gasteiger partial charge in [0.05, 0.1) is 17.3 Å². The lowest BCUT2D eigenvalue weighted by Gasteiger charge is -2.18. The molecule has 0 spiro atoms. The van der Waals surface area contributed by atoms with Gasteiger partial charge < -0.3 is 35.2 Å². The first-order valence-electron chi connectivity index (χ1n) is 11.0. The van der Waals surface area contributed by atoms with Crippen molar-refractivity contribution in [1.29, 1.82) is 0 Å². The van der Waals surface area contributed by atoms with E-state index in [1.54, 1.807) is 0 Å². The van der Waals surface area contributed by atoms with Gasteiger partial charge in [-0.15, -0.1) is 0 Å². The van der Waals surface area contributed by atoms with Gasteiger partial charge in [-0.1, -0.05) is 12.8 Å². The van der Waals surface area contributed by atoms with Crippen LogP contribution in [0.4, 0.5) is 5.69 Å². The number of aliphatic hydroxyl groups is 3. The van der Waals surface area contributed by atoms with Crippen LogP contribution in [-0.2, 0) is 25.6 Å². The fraction of sp³-hybridized carbons (Fsp3) is 0.684. The zero-order chi connectivity index (χ0) is 24.7. The van der Waals surface area contributed by atoms with Crippen LogP contribution >= 0.6 is 7.60 Å². The van der Waals surface area contributed by atoms with Gasteiger partial charge in [-0.3, -0.25) is 4.57 Å². The largest absolute Gasteiger partial charge is 0.396 e. The highest BCUT2D eigenvalue weighted by Gasteiger charge is 2.47. The molecule has 0 bridgehead atoms. The molecule has 15 heteroatoms. The molecule has 190 valence electrons. The van der Waals surface area contributed by atoms with Gasteiger partial charge in [0.2, 0.25) is 0 Å². The molecule has 2 fully saturated rings. The van der Waals surface area contributed by atoms with E-state index in [-0.39, 0.29) is 19.1 Å². The van der Waals surface area contributed by atoms with Crippen molar-refractivity contribution in [2.45, 2.75) is 62.7 Å². The molecule has 0 aromatic carbocycles. The Bertz CT molecular complexity index is 1180. The third-order valence-electron chi connectivity index (χ3n) is 6.06. The van der Waals surface area contributed by atoms with Crippen LogP contribution in [0, 0.1) is 0 Å². The van der Waals surface area contributed by atoms with Gasteiger partial charge >= 0.3 is 7.60 Å². The molecule has 0 radical (unpaired) electrons. The zero-order valence-electron chi connectivity index (χ0n) is 18.3. The molecule has 3 heterocycles. The smallest absolute Gasteiger partial charge is 0.340 e. The molecule has 2 aliphatic rings. The van der Waals surface area contributed by atoms with Crippen molar-refractivity contribution in [3.05, 3.63) is 18.0 Å². The van der Waals surface area contributed by atoms with Crippen LogP contribution in [0.5, 0.6) is 0 Å². The monoisotopic (exact) mass is 520 g/mol. The Morgan fingerprint density at radius 1 is 1.21 bits per heavy atom. The molecule has 2 aromatic rings. The van der Waals surface area contributed by atoms with Gasteiger partial charge in [0.1, 0.15) is 18.3 Å². The molecule has 1 aliphatic carbocycles.